The normalized spacial score (nSPS) is 13.0. The van der Waals surface area contributed by atoms with Gasteiger partial charge in [0.15, 0.2) is 4.67 Å². The lowest BCUT2D eigenvalue weighted by Crippen LogP contribution is -2.12. The van der Waals surface area contributed by atoms with Crippen molar-refractivity contribution in [2.24, 2.45) is 12.8 Å². The highest BCUT2D eigenvalue weighted by molar-refractivity contribution is 9.10. The van der Waals surface area contributed by atoms with Crippen LogP contribution in [0.25, 0.3) is 0 Å². The minimum absolute atomic E-state index is 0.0673. The standard InChI is InChI=1S/C10H12BrN3O/c1-14-6-7(5-13-14)4-9(12)8-2-3-15-10(8)11/h2-3,5-6,9H,4,12H2,1H3. The number of hydrogen-bond acceptors (Lipinski definition) is 3. The number of halogens is 1. The van der Waals surface area contributed by atoms with Crippen LogP contribution >= 0.6 is 15.9 Å². The van der Waals surface area contributed by atoms with Crippen molar-refractivity contribution in [3.05, 3.63) is 40.5 Å². The maximum atomic E-state index is 6.05. The number of rotatable bonds is 3. The van der Waals surface area contributed by atoms with Crippen LogP contribution in [0.1, 0.15) is 17.2 Å². The second-order valence-corrected chi connectivity index (χ2v) is 4.20. The topological polar surface area (TPSA) is 57.0 Å². The van der Waals surface area contributed by atoms with Crippen LogP contribution in [-0.2, 0) is 13.5 Å². The Morgan fingerprint density at radius 1 is 1.67 bits per heavy atom. The maximum absolute atomic E-state index is 6.05. The van der Waals surface area contributed by atoms with Gasteiger partial charge in [0, 0.05) is 24.8 Å². The molecule has 2 aromatic heterocycles. The number of furan rings is 1. The minimum Gasteiger partial charge on any atom is -0.457 e. The summed E-state index contributed by atoms with van der Waals surface area (Å²) in [5, 5.41) is 4.10. The Balaban J connectivity index is 2.10. The van der Waals surface area contributed by atoms with Gasteiger partial charge in [0.25, 0.3) is 0 Å². The Morgan fingerprint density at radius 2 is 2.47 bits per heavy atom. The van der Waals surface area contributed by atoms with Crippen LogP contribution in [0.2, 0.25) is 0 Å². The lowest BCUT2D eigenvalue weighted by Gasteiger charge is -2.07. The first-order valence-corrected chi connectivity index (χ1v) is 5.42. The van der Waals surface area contributed by atoms with Gasteiger partial charge in [-0.05, 0) is 34.0 Å². The average Bonchev–Trinajstić information content (AvgIpc) is 2.75. The molecule has 0 amide bonds. The molecule has 0 aliphatic rings. The Bertz CT molecular complexity index is 449. The quantitative estimate of drug-likeness (QED) is 0.928. The van der Waals surface area contributed by atoms with Crippen molar-refractivity contribution in [2.45, 2.75) is 12.5 Å². The van der Waals surface area contributed by atoms with E-state index in [9.17, 15) is 0 Å². The van der Waals surface area contributed by atoms with Crippen LogP contribution in [0.5, 0.6) is 0 Å². The molecule has 4 nitrogen and oxygen atoms in total. The van der Waals surface area contributed by atoms with E-state index < -0.39 is 0 Å². The molecular formula is C10H12BrN3O. The molecule has 0 radical (unpaired) electrons. The number of nitrogens with zero attached hydrogens (tertiary/aromatic N) is 2. The number of aromatic nitrogens is 2. The van der Waals surface area contributed by atoms with Crippen molar-refractivity contribution >= 4 is 15.9 Å². The van der Waals surface area contributed by atoms with E-state index in [1.165, 1.54) is 0 Å². The van der Waals surface area contributed by atoms with Crippen molar-refractivity contribution < 1.29 is 4.42 Å². The first kappa shape index (κ1) is 10.4. The highest BCUT2D eigenvalue weighted by Gasteiger charge is 2.13. The highest BCUT2D eigenvalue weighted by atomic mass is 79.9. The molecule has 2 rings (SSSR count). The molecule has 1 atom stereocenters. The molecule has 0 bridgehead atoms. The molecule has 0 aliphatic heterocycles. The molecule has 1 unspecified atom stereocenters. The molecule has 2 N–H and O–H groups in total. The summed E-state index contributed by atoms with van der Waals surface area (Å²) in [5.74, 6) is 0. The highest BCUT2D eigenvalue weighted by Crippen LogP contribution is 2.25. The van der Waals surface area contributed by atoms with E-state index in [1.54, 1.807) is 10.9 Å². The van der Waals surface area contributed by atoms with Gasteiger partial charge >= 0.3 is 0 Å². The van der Waals surface area contributed by atoms with Crippen LogP contribution in [0.4, 0.5) is 0 Å². The lowest BCUT2D eigenvalue weighted by atomic mass is 10.1. The zero-order valence-electron chi connectivity index (χ0n) is 8.35. The van der Waals surface area contributed by atoms with Crippen molar-refractivity contribution in [3.8, 4) is 0 Å². The molecule has 0 spiro atoms. The summed E-state index contributed by atoms with van der Waals surface area (Å²) in [5.41, 5.74) is 8.16. The van der Waals surface area contributed by atoms with Crippen LogP contribution < -0.4 is 5.73 Å². The van der Waals surface area contributed by atoms with Crippen molar-refractivity contribution in [1.82, 2.24) is 9.78 Å². The van der Waals surface area contributed by atoms with Gasteiger partial charge in [-0.15, -0.1) is 0 Å². The smallest absolute Gasteiger partial charge is 0.173 e. The van der Waals surface area contributed by atoms with E-state index in [2.05, 4.69) is 21.0 Å². The van der Waals surface area contributed by atoms with Gasteiger partial charge in [-0.3, -0.25) is 4.68 Å². The van der Waals surface area contributed by atoms with Gasteiger partial charge in [0.05, 0.1) is 12.5 Å². The monoisotopic (exact) mass is 269 g/mol. The second-order valence-electron chi connectivity index (χ2n) is 3.48. The Morgan fingerprint density at radius 3 is 3.00 bits per heavy atom. The van der Waals surface area contributed by atoms with E-state index >= 15 is 0 Å². The van der Waals surface area contributed by atoms with Gasteiger partial charge in [-0.1, -0.05) is 0 Å². The molecule has 2 aromatic rings. The van der Waals surface area contributed by atoms with E-state index in [0.717, 1.165) is 17.5 Å². The van der Waals surface area contributed by atoms with Crippen molar-refractivity contribution in [1.29, 1.82) is 0 Å². The lowest BCUT2D eigenvalue weighted by molar-refractivity contribution is 0.531. The fourth-order valence-corrected chi connectivity index (χ4v) is 2.05. The van der Waals surface area contributed by atoms with E-state index in [4.69, 9.17) is 10.2 Å². The number of nitrogens with two attached hydrogens (primary N) is 1. The third-order valence-electron chi connectivity index (χ3n) is 2.26. The average molecular weight is 270 g/mol. The van der Waals surface area contributed by atoms with E-state index in [-0.39, 0.29) is 6.04 Å². The van der Waals surface area contributed by atoms with Crippen molar-refractivity contribution in [2.75, 3.05) is 0 Å². The molecule has 5 heteroatoms. The molecule has 0 aromatic carbocycles. The zero-order valence-corrected chi connectivity index (χ0v) is 9.94. The third-order valence-corrected chi connectivity index (χ3v) is 2.90. The largest absolute Gasteiger partial charge is 0.457 e. The Kier molecular flexibility index (Phi) is 2.93. The fourth-order valence-electron chi connectivity index (χ4n) is 1.51. The fraction of sp³-hybridized carbons (Fsp3) is 0.300. The van der Waals surface area contributed by atoms with Crippen LogP contribution in [0.3, 0.4) is 0 Å². The van der Waals surface area contributed by atoms with Gasteiger partial charge in [0.2, 0.25) is 0 Å². The van der Waals surface area contributed by atoms with E-state index in [1.807, 2.05) is 25.5 Å². The summed E-state index contributed by atoms with van der Waals surface area (Å²) in [6, 6.07) is 1.81. The predicted octanol–water partition coefficient (Wildman–Crippen LogP) is 2.02. The molecule has 15 heavy (non-hydrogen) atoms. The molecule has 0 saturated heterocycles. The maximum Gasteiger partial charge on any atom is 0.173 e. The van der Waals surface area contributed by atoms with Crippen LogP contribution in [0, 0.1) is 0 Å². The molecule has 0 aliphatic carbocycles. The zero-order chi connectivity index (χ0) is 10.8. The SMILES string of the molecule is Cn1cc(CC(N)c2ccoc2Br)cn1. The summed E-state index contributed by atoms with van der Waals surface area (Å²) in [4.78, 5) is 0. The van der Waals surface area contributed by atoms with Gasteiger partial charge in [-0.25, -0.2) is 0 Å². The summed E-state index contributed by atoms with van der Waals surface area (Å²) in [7, 11) is 1.89. The molecular weight excluding hydrogens is 258 g/mol. The second kappa shape index (κ2) is 4.20. The third kappa shape index (κ3) is 2.30. The van der Waals surface area contributed by atoms with Crippen LogP contribution in [0.15, 0.2) is 33.8 Å². The molecule has 80 valence electrons. The van der Waals surface area contributed by atoms with Gasteiger partial charge in [-0.2, -0.15) is 5.10 Å². The number of hydrogen-bond donors (Lipinski definition) is 1. The minimum atomic E-state index is -0.0673. The predicted molar refractivity (Wildman–Crippen MR) is 60.2 cm³/mol. The van der Waals surface area contributed by atoms with Crippen molar-refractivity contribution in [3.63, 3.8) is 0 Å². The number of aryl methyl sites for hydroxylation is 1. The molecule has 0 saturated carbocycles. The summed E-state index contributed by atoms with van der Waals surface area (Å²) in [6.45, 7) is 0. The first-order valence-electron chi connectivity index (χ1n) is 4.63. The van der Waals surface area contributed by atoms with Gasteiger partial charge in [0.1, 0.15) is 0 Å². The molecule has 2 heterocycles. The van der Waals surface area contributed by atoms with Crippen LogP contribution in [-0.4, -0.2) is 9.78 Å². The summed E-state index contributed by atoms with van der Waals surface area (Å²) >= 11 is 3.32. The Labute approximate surface area is 96.2 Å². The van der Waals surface area contributed by atoms with E-state index in [0.29, 0.717) is 4.67 Å². The molecule has 0 fully saturated rings. The first-order chi connectivity index (χ1) is 7.16. The summed E-state index contributed by atoms with van der Waals surface area (Å²) in [6.07, 6.45) is 6.18. The summed E-state index contributed by atoms with van der Waals surface area (Å²) < 4.78 is 7.62. The Hall–Kier alpha value is -1.07. The van der Waals surface area contributed by atoms with Gasteiger partial charge < -0.3 is 10.2 Å².